The summed E-state index contributed by atoms with van der Waals surface area (Å²) in [5, 5.41) is 17.2. The molecule has 9 heteroatoms. The van der Waals surface area contributed by atoms with Gasteiger partial charge < -0.3 is 20.9 Å². The minimum Gasteiger partial charge on any atom is -0.334 e. The van der Waals surface area contributed by atoms with Crippen LogP contribution in [-0.4, -0.2) is 52.1 Å². The lowest BCUT2D eigenvalue weighted by atomic mass is 10.0. The number of carbonyl (C=O) groups is 2. The number of aromatic nitrogens is 3. The third-order valence-electron chi connectivity index (χ3n) is 4.70. The van der Waals surface area contributed by atoms with E-state index in [1.807, 2.05) is 81.0 Å². The van der Waals surface area contributed by atoms with Crippen LogP contribution in [0.1, 0.15) is 31.3 Å². The van der Waals surface area contributed by atoms with Crippen LogP contribution in [0.25, 0.3) is 5.65 Å². The smallest absolute Gasteiger partial charge is 0.315 e. The molecule has 9 nitrogen and oxygen atoms in total. The number of likely N-dealkylation sites (N-methyl/N-ethyl adjacent to an activating group) is 1. The van der Waals surface area contributed by atoms with Gasteiger partial charge in [0.05, 0.1) is 12.6 Å². The Bertz CT molecular complexity index is 1050. The molecule has 3 rings (SSSR count). The molecule has 0 bridgehead atoms. The average molecular weight is 424 g/mol. The third kappa shape index (κ3) is 6.02. The van der Waals surface area contributed by atoms with Gasteiger partial charge in [-0.15, -0.1) is 10.2 Å². The van der Waals surface area contributed by atoms with Gasteiger partial charge in [-0.05, 0) is 49.8 Å². The van der Waals surface area contributed by atoms with Crippen molar-refractivity contribution in [1.29, 1.82) is 0 Å². The molecule has 1 unspecified atom stereocenters. The van der Waals surface area contributed by atoms with Crippen molar-refractivity contribution < 1.29 is 9.59 Å². The summed E-state index contributed by atoms with van der Waals surface area (Å²) in [6.45, 7) is 4.68. The van der Waals surface area contributed by atoms with E-state index < -0.39 is 0 Å². The molecule has 1 atom stereocenters. The predicted octanol–water partition coefficient (Wildman–Crippen LogP) is 2.43. The highest BCUT2D eigenvalue weighted by Crippen LogP contribution is 2.20. The third-order valence-corrected chi connectivity index (χ3v) is 4.70. The molecule has 3 aromatic rings. The Morgan fingerprint density at radius 3 is 2.65 bits per heavy atom. The highest BCUT2D eigenvalue weighted by Gasteiger charge is 2.23. The number of rotatable bonds is 8. The molecule has 31 heavy (non-hydrogen) atoms. The van der Waals surface area contributed by atoms with Gasteiger partial charge in [-0.25, -0.2) is 4.79 Å². The van der Waals surface area contributed by atoms with Gasteiger partial charge in [-0.2, -0.15) is 0 Å². The highest BCUT2D eigenvalue weighted by atomic mass is 16.2. The van der Waals surface area contributed by atoms with Gasteiger partial charge >= 0.3 is 6.03 Å². The minimum absolute atomic E-state index is 0.0897. The molecule has 0 saturated carbocycles. The fraction of sp³-hybridized carbons (Fsp3) is 0.364. The summed E-state index contributed by atoms with van der Waals surface area (Å²) in [6.07, 6.45) is 1.88. The first-order valence-electron chi connectivity index (χ1n) is 10.2. The van der Waals surface area contributed by atoms with E-state index in [0.29, 0.717) is 24.6 Å². The number of pyridine rings is 1. The number of carbonyl (C=O) groups excluding carboxylic acids is 2. The van der Waals surface area contributed by atoms with Gasteiger partial charge in [0.1, 0.15) is 0 Å². The Kier molecular flexibility index (Phi) is 7.19. The van der Waals surface area contributed by atoms with Crippen molar-refractivity contribution in [1.82, 2.24) is 30.1 Å². The van der Waals surface area contributed by atoms with Crippen LogP contribution in [0.5, 0.6) is 0 Å². The number of amides is 3. The molecule has 0 spiro atoms. The minimum atomic E-state index is -0.298. The van der Waals surface area contributed by atoms with E-state index >= 15 is 0 Å². The number of nitrogens with one attached hydrogen (secondary N) is 3. The SMILES string of the molecule is CC(C)C(NC(=O)NCc1cccc(NC(=O)CN(C)C)c1)c1nnc2ccccn12. The van der Waals surface area contributed by atoms with Crippen molar-refractivity contribution in [2.45, 2.75) is 26.4 Å². The van der Waals surface area contributed by atoms with Gasteiger partial charge in [0, 0.05) is 18.4 Å². The summed E-state index contributed by atoms with van der Waals surface area (Å²) in [7, 11) is 3.68. The molecule has 0 aliphatic heterocycles. The molecule has 0 radical (unpaired) electrons. The van der Waals surface area contributed by atoms with Crippen molar-refractivity contribution in [3.63, 3.8) is 0 Å². The number of nitrogens with zero attached hydrogens (tertiary/aromatic N) is 4. The Morgan fingerprint density at radius 2 is 1.90 bits per heavy atom. The number of hydrogen-bond acceptors (Lipinski definition) is 5. The first-order valence-corrected chi connectivity index (χ1v) is 10.2. The summed E-state index contributed by atoms with van der Waals surface area (Å²) >= 11 is 0. The lowest BCUT2D eigenvalue weighted by Gasteiger charge is -2.21. The molecule has 0 aliphatic carbocycles. The molecule has 2 heterocycles. The zero-order valence-electron chi connectivity index (χ0n) is 18.3. The van der Waals surface area contributed by atoms with Gasteiger partial charge in [0.2, 0.25) is 5.91 Å². The summed E-state index contributed by atoms with van der Waals surface area (Å²) in [5.41, 5.74) is 2.31. The quantitative estimate of drug-likeness (QED) is 0.516. The highest BCUT2D eigenvalue weighted by molar-refractivity contribution is 5.92. The molecular formula is C22H29N7O2. The standard InChI is InChI=1S/C22H29N7O2/c1-15(2)20(21-27-26-18-10-5-6-11-29(18)21)25-22(31)23-13-16-8-7-9-17(12-16)24-19(30)14-28(3)4/h5-12,15,20H,13-14H2,1-4H3,(H,24,30)(H2,23,25,31). The first kappa shape index (κ1) is 22.2. The molecule has 3 N–H and O–H groups in total. The summed E-state index contributed by atoms with van der Waals surface area (Å²) in [4.78, 5) is 26.3. The largest absolute Gasteiger partial charge is 0.334 e. The van der Waals surface area contributed by atoms with Crippen LogP contribution in [0.4, 0.5) is 10.5 Å². The van der Waals surface area contributed by atoms with Gasteiger partial charge in [0.15, 0.2) is 11.5 Å². The topological polar surface area (TPSA) is 104 Å². The second-order valence-electron chi connectivity index (χ2n) is 8.02. The molecule has 0 aliphatic rings. The van der Waals surface area contributed by atoms with Gasteiger partial charge in [0.25, 0.3) is 0 Å². The Balaban J connectivity index is 1.61. The Hall–Kier alpha value is -3.46. The van der Waals surface area contributed by atoms with E-state index in [9.17, 15) is 9.59 Å². The number of benzene rings is 1. The van der Waals surface area contributed by atoms with Crippen molar-refractivity contribution in [2.75, 3.05) is 26.0 Å². The van der Waals surface area contributed by atoms with Crippen LogP contribution in [0.2, 0.25) is 0 Å². The van der Waals surface area contributed by atoms with Crippen LogP contribution >= 0.6 is 0 Å². The Labute approximate surface area is 181 Å². The van der Waals surface area contributed by atoms with Crippen LogP contribution in [0.3, 0.4) is 0 Å². The number of urea groups is 1. The predicted molar refractivity (Wildman–Crippen MR) is 120 cm³/mol. The number of hydrogen-bond donors (Lipinski definition) is 3. The van der Waals surface area contributed by atoms with E-state index in [-0.39, 0.29) is 23.9 Å². The van der Waals surface area contributed by atoms with E-state index in [1.54, 1.807) is 4.90 Å². The fourth-order valence-electron chi connectivity index (χ4n) is 3.22. The fourth-order valence-corrected chi connectivity index (χ4v) is 3.22. The molecule has 3 amide bonds. The number of anilines is 1. The molecule has 2 aromatic heterocycles. The van der Waals surface area contributed by atoms with Crippen LogP contribution in [0, 0.1) is 5.92 Å². The van der Waals surface area contributed by atoms with E-state index in [2.05, 4.69) is 26.1 Å². The van der Waals surface area contributed by atoms with E-state index in [4.69, 9.17) is 0 Å². The lowest BCUT2D eigenvalue weighted by molar-refractivity contribution is -0.116. The summed E-state index contributed by atoms with van der Waals surface area (Å²) < 4.78 is 1.88. The van der Waals surface area contributed by atoms with Crippen LogP contribution in [-0.2, 0) is 11.3 Å². The summed E-state index contributed by atoms with van der Waals surface area (Å²) in [5.74, 6) is 0.716. The van der Waals surface area contributed by atoms with Crippen molar-refractivity contribution >= 4 is 23.3 Å². The van der Waals surface area contributed by atoms with Gasteiger partial charge in [-0.3, -0.25) is 9.20 Å². The maximum Gasteiger partial charge on any atom is 0.315 e. The van der Waals surface area contributed by atoms with Gasteiger partial charge in [-0.1, -0.05) is 32.0 Å². The average Bonchev–Trinajstić information content (AvgIpc) is 3.13. The molecule has 164 valence electrons. The molecular weight excluding hydrogens is 394 g/mol. The monoisotopic (exact) mass is 423 g/mol. The maximum atomic E-state index is 12.6. The van der Waals surface area contributed by atoms with E-state index in [1.165, 1.54) is 0 Å². The summed E-state index contributed by atoms with van der Waals surface area (Å²) in [6, 6.07) is 12.5. The van der Waals surface area contributed by atoms with Crippen molar-refractivity contribution in [2.24, 2.45) is 5.92 Å². The molecule has 1 aromatic carbocycles. The van der Waals surface area contributed by atoms with Crippen LogP contribution in [0.15, 0.2) is 48.7 Å². The molecule has 0 fully saturated rings. The zero-order chi connectivity index (χ0) is 22.4. The van der Waals surface area contributed by atoms with Crippen LogP contribution < -0.4 is 16.0 Å². The second-order valence-corrected chi connectivity index (χ2v) is 8.02. The van der Waals surface area contributed by atoms with Crippen molar-refractivity contribution in [3.05, 3.63) is 60.0 Å². The lowest BCUT2D eigenvalue weighted by Crippen LogP contribution is -2.40. The number of fused-ring (bicyclic) bond motifs is 1. The maximum absolute atomic E-state index is 12.6. The second kappa shape index (κ2) is 10.0. The van der Waals surface area contributed by atoms with Crippen molar-refractivity contribution in [3.8, 4) is 0 Å². The normalized spacial score (nSPS) is 12.2. The Morgan fingerprint density at radius 1 is 1.10 bits per heavy atom. The van der Waals surface area contributed by atoms with E-state index in [0.717, 1.165) is 11.2 Å². The molecule has 0 saturated heterocycles. The first-order chi connectivity index (χ1) is 14.8. The zero-order valence-corrected chi connectivity index (χ0v) is 18.3.